The number of aliphatic hydroxyl groups excluding tert-OH is 1. The summed E-state index contributed by atoms with van der Waals surface area (Å²) in [7, 11) is 0. The molecule has 2 saturated carbocycles. The van der Waals surface area contributed by atoms with Gasteiger partial charge in [0.25, 0.3) is 0 Å². The lowest BCUT2D eigenvalue weighted by Crippen LogP contribution is -2.50. The second-order valence-corrected chi connectivity index (χ2v) is 6.87. The molecule has 0 saturated heterocycles. The normalized spacial score (nSPS) is 41.8. The fraction of sp³-hybridized carbons (Fsp3) is 1.00. The number of hydrogen-bond acceptors (Lipinski definition) is 2. The third-order valence-electron chi connectivity index (χ3n) is 5.80. The molecule has 2 rings (SSSR count). The predicted molar refractivity (Wildman–Crippen MR) is 76.3 cm³/mol. The molecule has 0 aliphatic heterocycles. The molecule has 2 heteroatoms. The lowest BCUT2D eigenvalue weighted by atomic mass is 9.70. The van der Waals surface area contributed by atoms with Gasteiger partial charge in [0.05, 0.1) is 6.73 Å². The monoisotopic (exact) mass is 253 g/mol. The lowest BCUT2D eigenvalue weighted by molar-refractivity contribution is 0.100. The third kappa shape index (κ3) is 3.27. The summed E-state index contributed by atoms with van der Waals surface area (Å²) < 4.78 is 0. The highest BCUT2D eigenvalue weighted by molar-refractivity contribution is 4.94. The van der Waals surface area contributed by atoms with Crippen LogP contribution in [0.15, 0.2) is 0 Å². The zero-order valence-corrected chi connectivity index (χ0v) is 12.3. The first-order valence-electron chi connectivity index (χ1n) is 8.04. The molecule has 2 nitrogen and oxygen atoms in total. The molecule has 18 heavy (non-hydrogen) atoms. The molecule has 2 aliphatic rings. The van der Waals surface area contributed by atoms with Crippen molar-refractivity contribution in [1.29, 1.82) is 0 Å². The van der Waals surface area contributed by atoms with E-state index in [0.717, 1.165) is 17.8 Å². The van der Waals surface area contributed by atoms with Crippen LogP contribution in [0.25, 0.3) is 0 Å². The van der Waals surface area contributed by atoms with Gasteiger partial charge in [0.2, 0.25) is 0 Å². The second kappa shape index (κ2) is 6.38. The van der Waals surface area contributed by atoms with Crippen LogP contribution in [0.5, 0.6) is 0 Å². The van der Waals surface area contributed by atoms with Crippen LogP contribution in [0.3, 0.4) is 0 Å². The molecule has 0 heterocycles. The smallest absolute Gasteiger partial charge is 0.0935 e. The maximum absolute atomic E-state index is 9.33. The molecule has 0 aromatic carbocycles. The van der Waals surface area contributed by atoms with Gasteiger partial charge in [0.1, 0.15) is 0 Å². The highest BCUT2D eigenvalue weighted by atomic mass is 16.3. The SMILES string of the molecule is CCC1CCC2CCCC(C2)C(C)(NCO)CC1. The summed E-state index contributed by atoms with van der Waals surface area (Å²) in [6.45, 7) is 4.83. The van der Waals surface area contributed by atoms with E-state index in [4.69, 9.17) is 0 Å². The minimum Gasteiger partial charge on any atom is -0.381 e. The van der Waals surface area contributed by atoms with E-state index in [-0.39, 0.29) is 12.3 Å². The van der Waals surface area contributed by atoms with Crippen molar-refractivity contribution in [3.8, 4) is 0 Å². The molecule has 2 aliphatic carbocycles. The first-order chi connectivity index (χ1) is 8.68. The Kier molecular flexibility index (Phi) is 5.08. The molecular formula is C16H31NO. The van der Waals surface area contributed by atoms with Crippen LogP contribution in [-0.4, -0.2) is 17.4 Å². The van der Waals surface area contributed by atoms with Crippen LogP contribution in [-0.2, 0) is 0 Å². The first kappa shape index (κ1) is 14.3. The average Bonchev–Trinajstić information content (AvgIpc) is 2.42. The van der Waals surface area contributed by atoms with Crippen LogP contribution in [0.2, 0.25) is 0 Å². The zero-order valence-electron chi connectivity index (χ0n) is 12.3. The van der Waals surface area contributed by atoms with Crippen molar-refractivity contribution in [2.45, 2.75) is 77.2 Å². The Morgan fingerprint density at radius 2 is 2.00 bits per heavy atom. The van der Waals surface area contributed by atoms with E-state index in [0.29, 0.717) is 0 Å². The molecule has 4 unspecified atom stereocenters. The Balaban J connectivity index is 2.11. The summed E-state index contributed by atoms with van der Waals surface area (Å²) in [6, 6.07) is 0. The van der Waals surface area contributed by atoms with Gasteiger partial charge >= 0.3 is 0 Å². The lowest BCUT2D eigenvalue weighted by Gasteiger charge is -2.42. The van der Waals surface area contributed by atoms with Crippen LogP contribution in [0.1, 0.15) is 71.6 Å². The van der Waals surface area contributed by atoms with Crippen molar-refractivity contribution in [2.75, 3.05) is 6.73 Å². The maximum Gasteiger partial charge on any atom is 0.0935 e. The summed E-state index contributed by atoms with van der Waals surface area (Å²) in [5, 5.41) is 12.7. The van der Waals surface area contributed by atoms with Crippen molar-refractivity contribution < 1.29 is 5.11 Å². The predicted octanol–water partition coefficient (Wildman–Crippen LogP) is 3.69. The Morgan fingerprint density at radius 1 is 1.17 bits per heavy atom. The Labute approximate surface area is 113 Å². The van der Waals surface area contributed by atoms with Crippen LogP contribution >= 0.6 is 0 Å². The zero-order chi connectivity index (χ0) is 13.0. The number of fused-ring (bicyclic) bond motifs is 2. The molecule has 0 aromatic heterocycles. The maximum atomic E-state index is 9.33. The van der Waals surface area contributed by atoms with Crippen LogP contribution in [0, 0.1) is 17.8 Å². The van der Waals surface area contributed by atoms with Gasteiger partial charge in [-0.3, -0.25) is 5.32 Å². The van der Waals surface area contributed by atoms with Gasteiger partial charge in [0, 0.05) is 5.54 Å². The van der Waals surface area contributed by atoms with Gasteiger partial charge in [-0.25, -0.2) is 0 Å². The van der Waals surface area contributed by atoms with Crippen molar-refractivity contribution in [2.24, 2.45) is 17.8 Å². The second-order valence-electron chi connectivity index (χ2n) is 6.87. The van der Waals surface area contributed by atoms with Crippen molar-refractivity contribution in [3.63, 3.8) is 0 Å². The van der Waals surface area contributed by atoms with Gasteiger partial charge in [-0.05, 0) is 50.4 Å². The fourth-order valence-corrected chi connectivity index (χ4v) is 4.28. The molecule has 106 valence electrons. The van der Waals surface area contributed by atoms with Gasteiger partial charge in [0.15, 0.2) is 0 Å². The van der Waals surface area contributed by atoms with Gasteiger partial charge < -0.3 is 5.11 Å². The topological polar surface area (TPSA) is 32.3 Å². The Morgan fingerprint density at radius 3 is 2.72 bits per heavy atom. The van der Waals surface area contributed by atoms with Crippen LogP contribution < -0.4 is 5.32 Å². The fourth-order valence-electron chi connectivity index (χ4n) is 4.28. The molecule has 0 radical (unpaired) electrons. The summed E-state index contributed by atoms with van der Waals surface area (Å²) >= 11 is 0. The van der Waals surface area contributed by atoms with E-state index in [1.54, 1.807) is 0 Å². The van der Waals surface area contributed by atoms with Crippen molar-refractivity contribution in [3.05, 3.63) is 0 Å². The van der Waals surface area contributed by atoms with Gasteiger partial charge in [-0.1, -0.05) is 39.0 Å². The molecule has 0 amide bonds. The molecule has 2 N–H and O–H groups in total. The van der Waals surface area contributed by atoms with E-state index in [2.05, 4.69) is 19.2 Å². The Hall–Kier alpha value is -0.0800. The van der Waals surface area contributed by atoms with E-state index in [1.165, 1.54) is 57.8 Å². The van der Waals surface area contributed by atoms with E-state index in [9.17, 15) is 5.11 Å². The van der Waals surface area contributed by atoms with Gasteiger partial charge in [-0.2, -0.15) is 0 Å². The first-order valence-corrected chi connectivity index (χ1v) is 8.04. The molecule has 4 atom stereocenters. The molecule has 2 bridgehead atoms. The minimum absolute atomic E-state index is 0.133. The third-order valence-corrected chi connectivity index (χ3v) is 5.80. The minimum atomic E-state index is 0.133. The molecule has 0 aromatic rings. The largest absolute Gasteiger partial charge is 0.381 e. The molecular weight excluding hydrogens is 222 g/mol. The quantitative estimate of drug-likeness (QED) is 0.752. The molecule has 2 fully saturated rings. The van der Waals surface area contributed by atoms with E-state index >= 15 is 0 Å². The number of hydrogen-bond donors (Lipinski definition) is 2. The average molecular weight is 253 g/mol. The summed E-state index contributed by atoms with van der Waals surface area (Å²) in [6.07, 6.45) is 12.4. The van der Waals surface area contributed by atoms with E-state index < -0.39 is 0 Å². The Bertz CT molecular complexity index is 255. The highest BCUT2D eigenvalue weighted by Crippen LogP contribution is 2.42. The molecule has 0 spiro atoms. The standard InChI is InChI=1S/C16H31NO/c1-3-13-7-8-14-5-4-6-15(11-14)16(2,10-9-13)17-12-18/h13-15,17-18H,3-12H2,1-2H3. The number of aliphatic hydroxyl groups is 1. The highest BCUT2D eigenvalue weighted by Gasteiger charge is 2.38. The van der Waals surface area contributed by atoms with Crippen LogP contribution in [0.4, 0.5) is 0 Å². The van der Waals surface area contributed by atoms with E-state index in [1.807, 2.05) is 0 Å². The number of rotatable bonds is 3. The van der Waals surface area contributed by atoms with Crippen molar-refractivity contribution in [1.82, 2.24) is 5.32 Å². The number of nitrogens with one attached hydrogen (secondary N) is 1. The summed E-state index contributed by atoms with van der Waals surface area (Å²) in [5.41, 5.74) is 0.172. The van der Waals surface area contributed by atoms with Gasteiger partial charge in [-0.15, -0.1) is 0 Å². The summed E-state index contributed by atoms with van der Waals surface area (Å²) in [4.78, 5) is 0. The summed E-state index contributed by atoms with van der Waals surface area (Å²) in [5.74, 6) is 2.64. The van der Waals surface area contributed by atoms with Crippen molar-refractivity contribution >= 4 is 0 Å².